The summed E-state index contributed by atoms with van der Waals surface area (Å²) in [6.07, 6.45) is 3.31. The highest BCUT2D eigenvalue weighted by Gasteiger charge is 2.39. The van der Waals surface area contributed by atoms with E-state index in [4.69, 9.17) is 4.74 Å². The second-order valence-corrected chi connectivity index (χ2v) is 6.76. The zero-order valence-corrected chi connectivity index (χ0v) is 16.5. The van der Waals surface area contributed by atoms with Crippen molar-refractivity contribution in [2.24, 2.45) is 0 Å². The molecule has 0 fully saturated rings. The van der Waals surface area contributed by atoms with Gasteiger partial charge in [-0.2, -0.15) is 0 Å². The van der Waals surface area contributed by atoms with Crippen molar-refractivity contribution >= 4 is 23.1 Å². The molecule has 1 aliphatic heterocycles. The maximum atomic E-state index is 13.2. The Morgan fingerprint density at radius 3 is 2.37 bits per heavy atom. The second-order valence-electron chi connectivity index (χ2n) is 6.76. The van der Waals surface area contributed by atoms with Crippen LogP contribution in [0.4, 0.5) is 5.69 Å². The maximum absolute atomic E-state index is 13.2. The number of carbonyl (C=O) groups excluding carboxylic acids is 2. The number of benzene rings is 2. The van der Waals surface area contributed by atoms with Gasteiger partial charge < -0.3 is 10.1 Å². The first-order valence-corrected chi connectivity index (χ1v) is 9.72. The van der Waals surface area contributed by atoms with Gasteiger partial charge in [-0.3, -0.25) is 19.5 Å². The van der Waals surface area contributed by atoms with Crippen LogP contribution in [0.15, 0.2) is 84.8 Å². The van der Waals surface area contributed by atoms with Gasteiger partial charge in [0.2, 0.25) is 0 Å². The quantitative estimate of drug-likeness (QED) is 0.611. The fourth-order valence-electron chi connectivity index (χ4n) is 3.33. The van der Waals surface area contributed by atoms with Gasteiger partial charge in [0.25, 0.3) is 11.8 Å². The van der Waals surface area contributed by atoms with Crippen molar-refractivity contribution in [1.29, 1.82) is 0 Å². The van der Waals surface area contributed by atoms with Gasteiger partial charge >= 0.3 is 0 Å². The van der Waals surface area contributed by atoms with Crippen molar-refractivity contribution in [3.63, 3.8) is 0 Å². The van der Waals surface area contributed by atoms with Crippen LogP contribution < -0.4 is 10.1 Å². The number of anilines is 1. The summed E-state index contributed by atoms with van der Waals surface area (Å²) >= 11 is 0. The molecule has 2 heterocycles. The number of pyridine rings is 1. The zero-order valence-electron chi connectivity index (χ0n) is 16.5. The summed E-state index contributed by atoms with van der Waals surface area (Å²) in [6, 6.07) is 20.1. The summed E-state index contributed by atoms with van der Waals surface area (Å²) in [5, 5.41) is 3.15. The number of nitrogens with zero attached hydrogens (tertiary/aromatic N) is 2. The Hall–Kier alpha value is -3.93. The second kappa shape index (κ2) is 8.61. The molecule has 4 rings (SSSR count). The van der Waals surface area contributed by atoms with E-state index in [9.17, 15) is 9.59 Å². The van der Waals surface area contributed by atoms with Crippen molar-refractivity contribution < 1.29 is 14.3 Å². The molecule has 0 unspecified atom stereocenters. The summed E-state index contributed by atoms with van der Waals surface area (Å²) in [4.78, 5) is 31.8. The van der Waals surface area contributed by atoms with Crippen molar-refractivity contribution in [3.8, 4) is 5.75 Å². The number of amides is 2. The van der Waals surface area contributed by atoms with Crippen LogP contribution in [0.25, 0.3) is 5.57 Å². The molecule has 30 heavy (non-hydrogen) atoms. The van der Waals surface area contributed by atoms with E-state index in [1.165, 1.54) is 4.90 Å². The van der Waals surface area contributed by atoms with E-state index in [1.807, 2.05) is 67.6 Å². The van der Waals surface area contributed by atoms with Crippen LogP contribution in [0, 0.1) is 0 Å². The third-order valence-corrected chi connectivity index (χ3v) is 4.73. The lowest BCUT2D eigenvalue weighted by Crippen LogP contribution is -2.32. The molecule has 6 nitrogen and oxygen atoms in total. The third-order valence-electron chi connectivity index (χ3n) is 4.73. The third kappa shape index (κ3) is 3.93. The van der Waals surface area contributed by atoms with E-state index in [2.05, 4.69) is 10.3 Å². The molecular weight excluding hydrogens is 378 g/mol. The van der Waals surface area contributed by atoms with E-state index in [-0.39, 0.29) is 24.1 Å². The molecule has 1 aromatic heterocycles. The highest BCUT2D eigenvalue weighted by atomic mass is 16.5. The molecule has 2 aromatic carbocycles. The highest BCUT2D eigenvalue weighted by molar-refractivity contribution is 6.36. The Morgan fingerprint density at radius 1 is 0.933 bits per heavy atom. The molecule has 1 N–H and O–H groups in total. The van der Waals surface area contributed by atoms with E-state index in [1.54, 1.807) is 18.5 Å². The topological polar surface area (TPSA) is 71.5 Å². The molecule has 1 aliphatic rings. The minimum Gasteiger partial charge on any atom is -0.494 e. The number of aromatic nitrogens is 1. The molecule has 0 saturated heterocycles. The zero-order chi connectivity index (χ0) is 20.9. The maximum Gasteiger partial charge on any atom is 0.278 e. The van der Waals surface area contributed by atoms with Crippen LogP contribution in [-0.2, 0) is 16.1 Å². The first kappa shape index (κ1) is 19.4. The SMILES string of the molecule is CCOc1ccc(NC2=C(c3ccccc3)C(=O)N(Cc3cccnc3)C2=O)cc1. The Balaban J connectivity index is 1.68. The van der Waals surface area contributed by atoms with Crippen molar-refractivity contribution in [2.45, 2.75) is 13.5 Å². The number of rotatable bonds is 7. The summed E-state index contributed by atoms with van der Waals surface area (Å²) in [5.41, 5.74) is 2.80. The van der Waals surface area contributed by atoms with Crippen LogP contribution in [0.2, 0.25) is 0 Å². The van der Waals surface area contributed by atoms with Crippen LogP contribution in [0.5, 0.6) is 5.75 Å². The monoisotopic (exact) mass is 399 g/mol. The molecule has 0 saturated carbocycles. The molecule has 0 bridgehead atoms. The van der Waals surface area contributed by atoms with Crippen LogP contribution in [0.3, 0.4) is 0 Å². The van der Waals surface area contributed by atoms with Crippen molar-refractivity contribution in [2.75, 3.05) is 11.9 Å². The Kier molecular flexibility index (Phi) is 5.57. The lowest BCUT2D eigenvalue weighted by Gasteiger charge is -2.15. The average molecular weight is 399 g/mol. The Morgan fingerprint density at radius 2 is 1.70 bits per heavy atom. The van der Waals surface area contributed by atoms with Gasteiger partial charge in [-0.25, -0.2) is 0 Å². The average Bonchev–Trinajstić information content (AvgIpc) is 3.01. The summed E-state index contributed by atoms with van der Waals surface area (Å²) in [5.74, 6) is 0.0485. The normalized spacial score (nSPS) is 13.7. The fourth-order valence-corrected chi connectivity index (χ4v) is 3.33. The summed E-state index contributed by atoms with van der Waals surface area (Å²) in [6.45, 7) is 2.66. The predicted octanol–water partition coefficient (Wildman–Crippen LogP) is 3.87. The minimum absolute atomic E-state index is 0.163. The Labute approximate surface area is 174 Å². The van der Waals surface area contributed by atoms with Gasteiger partial charge in [0.05, 0.1) is 18.7 Å². The number of hydrogen-bond donors (Lipinski definition) is 1. The summed E-state index contributed by atoms with van der Waals surface area (Å²) in [7, 11) is 0. The van der Waals surface area contributed by atoms with Crippen LogP contribution >= 0.6 is 0 Å². The van der Waals surface area contributed by atoms with Gasteiger partial charge in [-0.1, -0.05) is 36.4 Å². The molecular formula is C24H21N3O3. The first-order chi connectivity index (χ1) is 14.7. The van der Waals surface area contributed by atoms with Gasteiger partial charge in [0.1, 0.15) is 11.4 Å². The van der Waals surface area contributed by atoms with E-state index in [0.717, 1.165) is 11.3 Å². The molecule has 3 aromatic rings. The lowest BCUT2D eigenvalue weighted by atomic mass is 10.0. The highest BCUT2D eigenvalue weighted by Crippen LogP contribution is 2.31. The van der Waals surface area contributed by atoms with Crippen LogP contribution in [-0.4, -0.2) is 28.3 Å². The van der Waals surface area contributed by atoms with Gasteiger partial charge in [-0.05, 0) is 48.4 Å². The molecule has 0 spiro atoms. The number of carbonyl (C=O) groups is 2. The molecule has 0 radical (unpaired) electrons. The standard InChI is InChI=1S/C24H21N3O3/c1-2-30-20-12-10-19(11-13-20)26-22-21(18-8-4-3-5-9-18)23(28)27(24(22)29)16-17-7-6-14-25-15-17/h3-15,26H,2,16H2,1H3. The van der Waals surface area contributed by atoms with Gasteiger partial charge in [0, 0.05) is 18.1 Å². The lowest BCUT2D eigenvalue weighted by molar-refractivity contribution is -0.137. The first-order valence-electron chi connectivity index (χ1n) is 9.72. The fraction of sp³-hybridized carbons (Fsp3) is 0.125. The molecule has 150 valence electrons. The Bertz CT molecular complexity index is 1080. The number of ether oxygens (including phenoxy) is 1. The summed E-state index contributed by atoms with van der Waals surface area (Å²) < 4.78 is 5.47. The molecule has 0 atom stereocenters. The van der Waals surface area contributed by atoms with Crippen LogP contribution in [0.1, 0.15) is 18.1 Å². The van der Waals surface area contributed by atoms with Crippen molar-refractivity contribution in [1.82, 2.24) is 9.88 Å². The molecule has 6 heteroatoms. The van der Waals surface area contributed by atoms with E-state index >= 15 is 0 Å². The number of hydrogen-bond acceptors (Lipinski definition) is 5. The largest absolute Gasteiger partial charge is 0.494 e. The molecule has 0 aliphatic carbocycles. The van der Waals surface area contributed by atoms with Gasteiger partial charge in [-0.15, -0.1) is 0 Å². The predicted molar refractivity (Wildman–Crippen MR) is 114 cm³/mol. The van der Waals surface area contributed by atoms with Gasteiger partial charge in [0.15, 0.2) is 0 Å². The van der Waals surface area contributed by atoms with Crippen molar-refractivity contribution in [3.05, 3.63) is 95.9 Å². The number of imide groups is 1. The smallest absolute Gasteiger partial charge is 0.278 e. The van der Waals surface area contributed by atoms with E-state index in [0.29, 0.717) is 23.4 Å². The molecule has 2 amide bonds. The number of nitrogens with one attached hydrogen (secondary N) is 1. The van der Waals surface area contributed by atoms with E-state index < -0.39 is 0 Å². The minimum atomic E-state index is -0.364.